The van der Waals surface area contributed by atoms with Crippen molar-refractivity contribution in [3.63, 3.8) is 0 Å². The lowest BCUT2D eigenvalue weighted by atomic mass is 9.55. The van der Waals surface area contributed by atoms with E-state index in [-0.39, 0.29) is 50.6 Å². The maximum absolute atomic E-state index is 13.6. The minimum atomic E-state index is -1.37. The largest absolute Gasteiger partial charge is 0.459 e. The first-order valence-electron chi connectivity index (χ1n) is 18.2. The standard InChI is InChI=1S/C41H52N2O9/c1-5-7-22-49-40(47)43(3)37-26-35(42-48-4)33-24-29(14-8-10-19-44)32(16-9-11-20-45)38-34-25-31(51-30-15-12-13-28(23-30)27-46)17-18-36(34)52-41(37,39(33)38)50-21-6-2/h5-6,12-13,15,17-18,23-25,27,29,32,37-39,44-45H,1-2,7-11,14,16,19-22,26H2,3-4H3. The van der Waals surface area contributed by atoms with E-state index in [1.165, 1.54) is 7.11 Å². The molecule has 52 heavy (non-hydrogen) atoms. The number of carbonyl (C=O) groups excluding carboxylic acids is 2. The molecule has 5 rings (SSSR count). The number of ether oxygens (including phenoxy) is 4. The van der Waals surface area contributed by atoms with Crippen LogP contribution in [-0.2, 0) is 14.3 Å². The summed E-state index contributed by atoms with van der Waals surface area (Å²) in [7, 11) is 3.20. The van der Waals surface area contributed by atoms with Gasteiger partial charge < -0.3 is 38.9 Å². The normalized spacial score (nSPS) is 25.1. The molecule has 1 fully saturated rings. The van der Waals surface area contributed by atoms with Crippen LogP contribution in [0.2, 0.25) is 0 Å². The third-order valence-electron chi connectivity index (χ3n) is 10.4. The Bertz CT molecular complexity index is 1620. The molecular formula is C41H52N2O9. The van der Waals surface area contributed by atoms with E-state index in [0.717, 1.165) is 43.1 Å². The van der Waals surface area contributed by atoms with E-state index < -0.39 is 23.8 Å². The van der Waals surface area contributed by atoms with Gasteiger partial charge in [0, 0.05) is 43.7 Å². The predicted molar refractivity (Wildman–Crippen MR) is 198 cm³/mol. The van der Waals surface area contributed by atoms with E-state index in [9.17, 15) is 19.8 Å². The van der Waals surface area contributed by atoms with Gasteiger partial charge in [0.15, 0.2) is 0 Å². The molecule has 0 spiro atoms. The summed E-state index contributed by atoms with van der Waals surface area (Å²) >= 11 is 0. The van der Waals surface area contributed by atoms with Crippen molar-refractivity contribution in [2.45, 2.75) is 69.1 Å². The van der Waals surface area contributed by atoms with Crippen LogP contribution in [0, 0.1) is 17.8 Å². The van der Waals surface area contributed by atoms with Crippen molar-refractivity contribution in [1.82, 2.24) is 4.90 Å². The monoisotopic (exact) mass is 716 g/mol. The average molecular weight is 717 g/mol. The number of amides is 1. The Balaban J connectivity index is 1.72. The minimum Gasteiger partial charge on any atom is -0.459 e. The van der Waals surface area contributed by atoms with Crippen LogP contribution in [-0.4, -0.2) is 85.6 Å². The summed E-state index contributed by atoms with van der Waals surface area (Å²) in [6, 6.07) is 12.0. The Morgan fingerprint density at radius 1 is 1.06 bits per heavy atom. The zero-order chi connectivity index (χ0) is 37.1. The van der Waals surface area contributed by atoms with Crippen LogP contribution >= 0.6 is 0 Å². The lowest BCUT2D eigenvalue weighted by Crippen LogP contribution is -2.69. The molecule has 6 atom stereocenters. The van der Waals surface area contributed by atoms with Crippen molar-refractivity contribution in [1.29, 1.82) is 0 Å². The van der Waals surface area contributed by atoms with Gasteiger partial charge >= 0.3 is 6.09 Å². The molecule has 2 N–H and O–H groups in total. The van der Waals surface area contributed by atoms with Crippen LogP contribution in [0.4, 0.5) is 4.79 Å². The van der Waals surface area contributed by atoms with E-state index >= 15 is 0 Å². The molecule has 0 bridgehead atoms. The number of allylic oxidation sites excluding steroid dienone is 1. The summed E-state index contributed by atoms with van der Waals surface area (Å²) in [6.45, 7) is 8.21. The molecule has 2 aromatic rings. The molecule has 6 unspecified atom stereocenters. The van der Waals surface area contributed by atoms with Gasteiger partial charge in [-0.25, -0.2) is 4.79 Å². The van der Waals surface area contributed by atoms with Crippen molar-refractivity contribution < 1.29 is 43.6 Å². The number of benzene rings is 2. The third kappa shape index (κ3) is 8.27. The summed E-state index contributed by atoms with van der Waals surface area (Å²) in [4.78, 5) is 32.1. The zero-order valence-corrected chi connectivity index (χ0v) is 30.3. The maximum atomic E-state index is 13.6. The van der Waals surface area contributed by atoms with Gasteiger partial charge in [-0.1, -0.05) is 48.4 Å². The van der Waals surface area contributed by atoms with Gasteiger partial charge in [-0.2, -0.15) is 0 Å². The van der Waals surface area contributed by atoms with Gasteiger partial charge in [-0.05, 0) is 79.8 Å². The van der Waals surface area contributed by atoms with Crippen molar-refractivity contribution in [2.24, 2.45) is 22.9 Å². The highest BCUT2D eigenvalue weighted by Crippen LogP contribution is 2.62. The molecule has 1 aliphatic heterocycles. The van der Waals surface area contributed by atoms with Crippen LogP contribution in [0.25, 0.3) is 0 Å². The molecule has 11 heteroatoms. The lowest BCUT2D eigenvalue weighted by Gasteiger charge is -2.59. The highest BCUT2D eigenvalue weighted by molar-refractivity contribution is 6.02. The third-order valence-corrected chi connectivity index (χ3v) is 10.4. The Labute approximate surface area is 306 Å². The summed E-state index contributed by atoms with van der Waals surface area (Å²) in [5.74, 6) is -0.153. The van der Waals surface area contributed by atoms with E-state index in [1.807, 2.05) is 18.2 Å². The van der Waals surface area contributed by atoms with E-state index in [1.54, 1.807) is 48.4 Å². The average Bonchev–Trinajstić information content (AvgIpc) is 3.15. The van der Waals surface area contributed by atoms with Gasteiger partial charge in [-0.3, -0.25) is 4.79 Å². The van der Waals surface area contributed by atoms with Gasteiger partial charge in [0.1, 0.15) is 36.7 Å². The number of hydrogen-bond donors (Lipinski definition) is 2. The molecule has 1 saturated carbocycles. The second kappa shape index (κ2) is 18.3. The van der Waals surface area contributed by atoms with Crippen molar-refractivity contribution in [3.8, 4) is 17.2 Å². The molecule has 3 aliphatic rings. The Kier molecular flexibility index (Phi) is 13.7. The summed E-state index contributed by atoms with van der Waals surface area (Å²) in [5, 5.41) is 24.1. The van der Waals surface area contributed by atoms with E-state index in [0.29, 0.717) is 47.8 Å². The predicted octanol–water partition coefficient (Wildman–Crippen LogP) is 7.20. The molecule has 2 aliphatic carbocycles. The van der Waals surface area contributed by atoms with Crippen molar-refractivity contribution in [3.05, 3.63) is 90.6 Å². The fraction of sp³-hybridized carbons (Fsp3) is 0.488. The number of fused-ring (bicyclic) bond motifs is 2. The SMILES string of the molecule is C=CCCOC(=O)N(C)C1CC(=NOC)C2=CC(CCCCO)C(CCCCO)C3c4cc(Oc5cccc(C=O)c5)ccc4OC1(OCC=C)C23. The smallest absolute Gasteiger partial charge is 0.409 e. The lowest BCUT2D eigenvalue weighted by molar-refractivity contribution is -0.253. The van der Waals surface area contributed by atoms with Crippen LogP contribution in [0.3, 0.4) is 0 Å². The molecule has 11 nitrogen and oxygen atoms in total. The second-order valence-corrected chi connectivity index (χ2v) is 13.6. The first kappa shape index (κ1) is 38.8. The number of likely N-dealkylation sites (N-methyl/N-ethyl adjacent to an activating group) is 1. The fourth-order valence-electron chi connectivity index (χ4n) is 8.15. The quantitative estimate of drug-likeness (QED) is 0.0670. The number of oxime groups is 1. The number of carbonyl (C=O) groups is 2. The molecular weight excluding hydrogens is 664 g/mol. The number of aliphatic hydroxyl groups excluding tert-OH is 2. The number of nitrogens with zero attached hydrogens (tertiary/aromatic N) is 2. The van der Waals surface area contributed by atoms with Crippen LogP contribution in [0.5, 0.6) is 17.2 Å². The van der Waals surface area contributed by atoms with Gasteiger partial charge in [0.2, 0.25) is 5.79 Å². The first-order chi connectivity index (χ1) is 25.3. The molecule has 2 aromatic carbocycles. The number of aldehydes is 1. The molecule has 0 saturated heterocycles. The Morgan fingerprint density at radius 2 is 1.83 bits per heavy atom. The topological polar surface area (TPSA) is 136 Å². The minimum absolute atomic E-state index is 0.0642. The Morgan fingerprint density at radius 3 is 2.54 bits per heavy atom. The molecule has 280 valence electrons. The maximum Gasteiger partial charge on any atom is 0.409 e. The number of hydrogen-bond acceptors (Lipinski definition) is 10. The highest BCUT2D eigenvalue weighted by atomic mass is 16.7. The van der Waals surface area contributed by atoms with Crippen LogP contribution in [0.15, 0.2) is 84.6 Å². The first-order valence-corrected chi connectivity index (χ1v) is 18.2. The van der Waals surface area contributed by atoms with Crippen LogP contribution < -0.4 is 9.47 Å². The summed E-state index contributed by atoms with van der Waals surface area (Å²) < 4.78 is 25.9. The number of unbranched alkanes of at least 4 members (excludes halogenated alkanes) is 2. The van der Waals surface area contributed by atoms with Gasteiger partial charge in [-0.15, -0.1) is 13.2 Å². The molecule has 0 radical (unpaired) electrons. The number of aliphatic hydroxyl groups is 2. The van der Waals surface area contributed by atoms with Gasteiger partial charge in [0.25, 0.3) is 0 Å². The fourth-order valence-corrected chi connectivity index (χ4v) is 8.15. The number of rotatable bonds is 19. The molecule has 1 heterocycles. The van der Waals surface area contributed by atoms with Gasteiger partial charge in [0.05, 0.1) is 24.8 Å². The van der Waals surface area contributed by atoms with Crippen molar-refractivity contribution >= 4 is 18.1 Å². The van der Waals surface area contributed by atoms with E-state index in [4.69, 9.17) is 23.8 Å². The van der Waals surface area contributed by atoms with Crippen molar-refractivity contribution in [2.75, 3.05) is 40.6 Å². The molecule has 0 aromatic heterocycles. The van der Waals surface area contributed by atoms with E-state index in [2.05, 4.69) is 24.4 Å². The zero-order valence-electron chi connectivity index (χ0n) is 30.3. The van der Waals surface area contributed by atoms with Crippen LogP contribution in [0.1, 0.15) is 73.2 Å². The summed E-state index contributed by atoms with van der Waals surface area (Å²) in [6.07, 6.45) is 11.3. The molecule has 1 amide bonds. The Hall–Kier alpha value is -4.45. The summed E-state index contributed by atoms with van der Waals surface area (Å²) in [5.41, 5.74) is 3.05. The highest BCUT2D eigenvalue weighted by Gasteiger charge is 2.65. The second-order valence-electron chi connectivity index (χ2n) is 13.6.